The summed E-state index contributed by atoms with van der Waals surface area (Å²) in [6.07, 6.45) is 5.42. The maximum absolute atomic E-state index is 11.2. The van der Waals surface area contributed by atoms with Crippen LogP contribution in [-0.4, -0.2) is 130 Å². The molecular formula is C30H72N3O8Si5+. The van der Waals surface area contributed by atoms with Crippen molar-refractivity contribution in [3.8, 4) is 0 Å². The average molecular weight is 743 g/mol. The Hall–Kier alpha value is 0.644. The van der Waals surface area contributed by atoms with Crippen molar-refractivity contribution in [2.75, 3.05) is 59.7 Å². The van der Waals surface area contributed by atoms with Crippen molar-refractivity contribution in [2.24, 2.45) is 5.73 Å². The molecule has 2 fully saturated rings. The van der Waals surface area contributed by atoms with E-state index in [2.05, 4.69) is 70.8 Å². The first-order chi connectivity index (χ1) is 21.1. The van der Waals surface area contributed by atoms with Crippen LogP contribution in [0.3, 0.4) is 0 Å². The van der Waals surface area contributed by atoms with E-state index in [-0.39, 0.29) is 12.3 Å². The maximum Gasteiger partial charge on any atom is 0.317 e. The molecule has 11 nitrogen and oxygen atoms in total. The Labute approximate surface area is 287 Å². The van der Waals surface area contributed by atoms with Gasteiger partial charge >= 0.3 is 25.7 Å². The summed E-state index contributed by atoms with van der Waals surface area (Å²) in [5.41, 5.74) is 6.11. The van der Waals surface area contributed by atoms with Gasteiger partial charge in [0.25, 0.3) is 5.79 Å². The number of quaternary nitrogens is 1. The van der Waals surface area contributed by atoms with Gasteiger partial charge in [-0.15, -0.1) is 0 Å². The Morgan fingerprint density at radius 2 is 1.41 bits per heavy atom. The van der Waals surface area contributed by atoms with Crippen LogP contribution in [0, 0.1) is 0 Å². The molecule has 2 aliphatic heterocycles. The fourth-order valence-corrected chi connectivity index (χ4v) is 30.6. The van der Waals surface area contributed by atoms with Crippen molar-refractivity contribution in [3.63, 3.8) is 0 Å². The van der Waals surface area contributed by atoms with Crippen LogP contribution in [0.5, 0.6) is 0 Å². The van der Waals surface area contributed by atoms with Crippen LogP contribution in [0.2, 0.25) is 77.6 Å². The number of nitrogens with one attached hydrogen (secondary N) is 1. The van der Waals surface area contributed by atoms with Crippen molar-refractivity contribution >= 4 is 42.3 Å². The van der Waals surface area contributed by atoms with E-state index in [0.29, 0.717) is 32.8 Å². The highest BCUT2D eigenvalue weighted by Gasteiger charge is 2.62. The lowest BCUT2D eigenvalue weighted by Gasteiger charge is -2.54. The topological polar surface area (TPSA) is 123 Å². The highest BCUT2D eigenvalue weighted by molar-refractivity contribution is 6.90. The molecule has 0 radical (unpaired) electrons. The molecule has 274 valence electrons. The van der Waals surface area contributed by atoms with E-state index >= 15 is 0 Å². The van der Waals surface area contributed by atoms with E-state index in [1.165, 1.54) is 0 Å². The molecule has 2 aliphatic rings. The summed E-state index contributed by atoms with van der Waals surface area (Å²) < 4.78 is 45.4. The maximum atomic E-state index is 11.2. The van der Waals surface area contributed by atoms with Crippen molar-refractivity contribution in [3.05, 3.63) is 0 Å². The van der Waals surface area contributed by atoms with Crippen LogP contribution in [0.1, 0.15) is 39.0 Å². The molecule has 4 atom stereocenters. The van der Waals surface area contributed by atoms with Gasteiger partial charge in [0.1, 0.15) is 19.3 Å². The second-order valence-corrected chi connectivity index (χ2v) is 36.5. The predicted octanol–water partition coefficient (Wildman–Crippen LogP) is 4.99. The summed E-state index contributed by atoms with van der Waals surface area (Å²) in [5, 5.41) is 15.0. The van der Waals surface area contributed by atoms with E-state index in [4.69, 9.17) is 36.4 Å². The zero-order valence-electron chi connectivity index (χ0n) is 31.6. The summed E-state index contributed by atoms with van der Waals surface area (Å²) in [4.78, 5) is 0. The number of methoxy groups -OCH3 is 1. The Balaban J connectivity index is 1.98. The normalized spacial score (nSPS) is 27.4. The first-order valence-corrected chi connectivity index (χ1v) is 32.3. The molecule has 2 heterocycles. The summed E-state index contributed by atoms with van der Waals surface area (Å²) in [7, 11) is -9.81. The lowest BCUT2D eigenvalue weighted by Crippen LogP contribution is -2.77. The van der Waals surface area contributed by atoms with E-state index in [1.807, 2.05) is 6.92 Å². The standard InChI is InChI=1S/C30H72N3O8Si5/c1-28(35-2)25-36-21-15-13-14-16-22-37-30(34)26-33(27-30)20-19-32-29(33)17-23-45(11,40-44(9,10)38-42(3,4)5)41-46(12,24-18-31)39-43(6,7)8/h28-29,32,34H,13-27,31H2,1-12H3/q+1. The first-order valence-electron chi connectivity index (χ1n) is 17.6. The second kappa shape index (κ2) is 17.7. The molecule has 0 aromatic heterocycles. The van der Waals surface area contributed by atoms with Crippen LogP contribution < -0.4 is 11.1 Å². The molecule has 2 rings (SSSR count). The quantitative estimate of drug-likeness (QED) is 0.0540. The Bertz CT molecular complexity index is 907. The van der Waals surface area contributed by atoms with E-state index < -0.39 is 48.1 Å². The smallest absolute Gasteiger partial charge is 0.317 e. The molecule has 0 aliphatic carbocycles. The molecular weight excluding hydrogens is 671 g/mol. The average Bonchev–Trinajstić information content (AvgIpc) is 3.25. The minimum absolute atomic E-state index is 0.137. The minimum Gasteiger partial charge on any atom is -0.437 e. The van der Waals surface area contributed by atoms with Crippen LogP contribution in [-0.2, 0) is 30.7 Å². The highest BCUT2D eigenvalue weighted by Crippen LogP contribution is 2.39. The van der Waals surface area contributed by atoms with Gasteiger partial charge in [-0.3, -0.25) is 9.80 Å². The highest BCUT2D eigenvalue weighted by atomic mass is 28.5. The van der Waals surface area contributed by atoms with Gasteiger partial charge < -0.3 is 41.5 Å². The van der Waals surface area contributed by atoms with Crippen molar-refractivity contribution in [1.82, 2.24) is 5.32 Å². The number of aliphatic hydroxyl groups is 1. The summed E-state index contributed by atoms with van der Waals surface area (Å²) >= 11 is 0. The number of ether oxygens (including phenoxy) is 3. The zero-order valence-corrected chi connectivity index (χ0v) is 36.6. The molecule has 0 aromatic carbocycles. The molecule has 0 saturated carbocycles. The van der Waals surface area contributed by atoms with E-state index in [1.54, 1.807) is 7.11 Å². The van der Waals surface area contributed by atoms with Gasteiger partial charge in [-0.2, -0.15) is 0 Å². The summed E-state index contributed by atoms with van der Waals surface area (Å²) in [6.45, 7) is 29.7. The molecule has 4 N–H and O–H groups in total. The number of rotatable bonds is 24. The van der Waals surface area contributed by atoms with Crippen LogP contribution >= 0.6 is 0 Å². The molecule has 4 unspecified atom stereocenters. The third-order valence-corrected chi connectivity index (χ3v) is 26.6. The molecule has 46 heavy (non-hydrogen) atoms. The zero-order chi connectivity index (χ0) is 34.9. The van der Waals surface area contributed by atoms with Gasteiger partial charge in [-0.05, 0) is 97.8 Å². The molecule has 16 heteroatoms. The lowest BCUT2D eigenvalue weighted by molar-refractivity contribution is -1.00. The summed E-state index contributed by atoms with van der Waals surface area (Å²) in [5.74, 6) is -1.05. The van der Waals surface area contributed by atoms with Gasteiger partial charge in [0.05, 0.1) is 32.4 Å². The number of hydrogen-bond acceptors (Lipinski definition) is 10. The van der Waals surface area contributed by atoms with Crippen molar-refractivity contribution < 1.29 is 40.3 Å². The van der Waals surface area contributed by atoms with Gasteiger partial charge in [0.2, 0.25) is 0 Å². The van der Waals surface area contributed by atoms with Crippen LogP contribution in [0.15, 0.2) is 0 Å². The van der Waals surface area contributed by atoms with Crippen molar-refractivity contribution in [2.45, 2.75) is 135 Å². The molecule has 0 amide bonds. The van der Waals surface area contributed by atoms with Gasteiger partial charge in [0.15, 0.2) is 16.6 Å². The number of hydrogen-bond donors (Lipinski definition) is 3. The van der Waals surface area contributed by atoms with Gasteiger partial charge in [-0.25, -0.2) is 0 Å². The number of unbranched alkanes of at least 4 members (excludes halogenated alkanes) is 3. The third-order valence-electron chi connectivity index (χ3n) is 8.47. The number of nitrogens with two attached hydrogens (primary N) is 1. The molecule has 0 aromatic rings. The second-order valence-electron chi connectivity index (χ2n) is 16.4. The first kappa shape index (κ1) is 42.8. The lowest BCUT2D eigenvalue weighted by atomic mass is 10.0. The molecule has 1 spiro atoms. The van der Waals surface area contributed by atoms with E-state index in [0.717, 1.165) is 68.4 Å². The Morgan fingerprint density at radius 3 is 1.98 bits per heavy atom. The van der Waals surface area contributed by atoms with E-state index in [9.17, 15) is 5.11 Å². The monoisotopic (exact) mass is 742 g/mol. The fourth-order valence-electron chi connectivity index (χ4n) is 7.12. The van der Waals surface area contributed by atoms with Gasteiger partial charge in [-0.1, -0.05) is 12.8 Å². The SMILES string of the molecule is COC(C)COCCCCCCOC1(O)C[N+]2(CCNC2CC[Si](C)(O[Si](C)(C)O[Si](C)(C)C)O[Si](C)(CCN)O[Si](C)(C)C)C1. The van der Waals surface area contributed by atoms with Crippen molar-refractivity contribution in [1.29, 1.82) is 0 Å². The van der Waals surface area contributed by atoms with Gasteiger partial charge in [0, 0.05) is 26.2 Å². The molecule has 2 saturated heterocycles. The minimum atomic E-state index is -2.76. The number of nitrogens with zero attached hydrogens (tertiary/aromatic N) is 1. The van der Waals surface area contributed by atoms with Crippen LogP contribution in [0.25, 0.3) is 0 Å². The molecule has 0 bridgehead atoms. The Kier molecular flexibility index (Phi) is 16.5. The fraction of sp³-hybridized carbons (Fsp3) is 1.00. The largest absolute Gasteiger partial charge is 0.437 e. The van der Waals surface area contributed by atoms with Crippen LogP contribution in [0.4, 0.5) is 0 Å². The third kappa shape index (κ3) is 15.3. The Morgan fingerprint density at radius 1 is 0.826 bits per heavy atom. The summed E-state index contributed by atoms with van der Waals surface area (Å²) in [6, 6.07) is 1.57. The predicted molar refractivity (Wildman–Crippen MR) is 198 cm³/mol.